The fourth-order valence-electron chi connectivity index (χ4n) is 1.79. The van der Waals surface area contributed by atoms with Gasteiger partial charge in [0.15, 0.2) is 0 Å². The molecule has 2 nitrogen and oxygen atoms in total. The Morgan fingerprint density at radius 2 is 1.58 bits per heavy atom. The van der Waals surface area contributed by atoms with Crippen molar-refractivity contribution in [1.29, 1.82) is 0 Å². The molecule has 2 heteroatoms. The van der Waals surface area contributed by atoms with E-state index in [0.717, 1.165) is 16.9 Å². The molecule has 19 heavy (non-hydrogen) atoms. The molecular weight excluding hydrogens is 234 g/mol. The summed E-state index contributed by atoms with van der Waals surface area (Å²) < 4.78 is 6.09. The second kappa shape index (κ2) is 5.36. The molecule has 0 aliphatic rings. The van der Waals surface area contributed by atoms with Gasteiger partial charge < -0.3 is 4.74 Å². The highest BCUT2D eigenvalue weighted by Gasteiger charge is 2.17. The number of rotatable bonds is 2. The van der Waals surface area contributed by atoms with Gasteiger partial charge in [-0.05, 0) is 72.6 Å². The van der Waals surface area contributed by atoms with Gasteiger partial charge >= 0.3 is 0 Å². The van der Waals surface area contributed by atoms with E-state index in [-0.39, 0.29) is 11.1 Å². The van der Waals surface area contributed by atoms with Crippen LogP contribution >= 0.6 is 0 Å². The Morgan fingerprint density at radius 3 is 2.05 bits per heavy atom. The molecule has 0 aliphatic carbocycles. The Labute approximate surface area is 117 Å². The highest BCUT2D eigenvalue weighted by molar-refractivity contribution is 5.85. The Morgan fingerprint density at radius 1 is 1.00 bits per heavy atom. The summed E-state index contributed by atoms with van der Waals surface area (Å²) in [5.41, 5.74) is 3.17. The van der Waals surface area contributed by atoms with Crippen LogP contribution in [0, 0.1) is 13.8 Å². The van der Waals surface area contributed by atoms with Crippen molar-refractivity contribution >= 4 is 6.21 Å². The maximum absolute atomic E-state index is 6.09. The Bertz CT molecular complexity index is 473. The van der Waals surface area contributed by atoms with Crippen molar-refractivity contribution in [2.24, 2.45) is 4.99 Å². The molecular formula is C17H27NO. The van der Waals surface area contributed by atoms with E-state index in [0.29, 0.717) is 0 Å². The van der Waals surface area contributed by atoms with Crippen molar-refractivity contribution < 1.29 is 4.74 Å². The van der Waals surface area contributed by atoms with Crippen molar-refractivity contribution in [3.8, 4) is 5.75 Å². The minimum absolute atomic E-state index is 0.0728. The van der Waals surface area contributed by atoms with Crippen molar-refractivity contribution in [1.82, 2.24) is 0 Å². The van der Waals surface area contributed by atoms with Crippen molar-refractivity contribution in [3.63, 3.8) is 0 Å². The number of benzene rings is 1. The normalized spacial score (nSPS) is 13.1. The first kappa shape index (κ1) is 15.7. The van der Waals surface area contributed by atoms with E-state index < -0.39 is 0 Å². The molecule has 0 saturated carbocycles. The molecule has 0 unspecified atom stereocenters. The molecule has 1 aromatic carbocycles. The second-order valence-electron chi connectivity index (χ2n) is 7.14. The molecule has 0 fully saturated rings. The van der Waals surface area contributed by atoms with Crippen LogP contribution in [0.4, 0.5) is 0 Å². The summed E-state index contributed by atoms with van der Waals surface area (Å²) >= 11 is 0. The first-order valence-corrected chi connectivity index (χ1v) is 6.83. The van der Waals surface area contributed by atoms with Crippen LogP contribution in [-0.4, -0.2) is 17.4 Å². The topological polar surface area (TPSA) is 21.6 Å². The third-order valence-electron chi connectivity index (χ3n) is 2.45. The fourth-order valence-corrected chi connectivity index (χ4v) is 1.79. The molecule has 0 amide bonds. The first-order chi connectivity index (χ1) is 8.48. The molecule has 0 heterocycles. The van der Waals surface area contributed by atoms with Crippen LogP contribution in [0.1, 0.15) is 58.2 Å². The molecule has 1 aromatic rings. The summed E-state index contributed by atoms with van der Waals surface area (Å²) in [6, 6.07) is 4.28. The molecule has 1 rings (SSSR count). The predicted octanol–water partition coefficient (Wildman–Crippen LogP) is 4.70. The van der Waals surface area contributed by atoms with E-state index >= 15 is 0 Å². The second-order valence-corrected chi connectivity index (χ2v) is 7.14. The summed E-state index contributed by atoms with van der Waals surface area (Å²) in [5, 5.41) is 0. The number of hydrogen-bond donors (Lipinski definition) is 0. The number of aliphatic imine (C=N–C) groups is 1. The summed E-state index contributed by atoms with van der Waals surface area (Å²) in [5.74, 6) is 0.936. The molecule has 0 bridgehead atoms. The average Bonchev–Trinajstić information content (AvgIpc) is 2.16. The number of aryl methyl sites for hydroxylation is 2. The van der Waals surface area contributed by atoms with Crippen LogP contribution in [0.3, 0.4) is 0 Å². The predicted molar refractivity (Wildman–Crippen MR) is 83.6 cm³/mol. The standard InChI is InChI=1S/C17H27NO/c1-12-9-13(2)15(19-17(6,7)8)14(10-12)11-18-16(3,4)5/h9-11H,1-8H3/b18-11+. The Kier molecular flexibility index (Phi) is 4.44. The lowest BCUT2D eigenvalue weighted by molar-refractivity contribution is 0.129. The third kappa shape index (κ3) is 5.46. The van der Waals surface area contributed by atoms with Crippen LogP contribution in [0.15, 0.2) is 17.1 Å². The SMILES string of the molecule is Cc1cc(C)c(OC(C)(C)C)c(/C=N/C(C)(C)C)c1. The zero-order chi connectivity index (χ0) is 14.8. The highest BCUT2D eigenvalue weighted by Crippen LogP contribution is 2.28. The van der Waals surface area contributed by atoms with Crippen LogP contribution in [-0.2, 0) is 0 Å². The van der Waals surface area contributed by atoms with E-state index in [1.54, 1.807) is 0 Å². The maximum Gasteiger partial charge on any atom is 0.131 e. The van der Waals surface area contributed by atoms with Gasteiger partial charge in [-0.25, -0.2) is 0 Å². The quantitative estimate of drug-likeness (QED) is 0.707. The number of hydrogen-bond acceptors (Lipinski definition) is 2. The summed E-state index contributed by atoms with van der Waals surface area (Å²) in [7, 11) is 0. The highest BCUT2D eigenvalue weighted by atomic mass is 16.5. The zero-order valence-electron chi connectivity index (χ0n) is 13.6. The monoisotopic (exact) mass is 261 g/mol. The fraction of sp³-hybridized carbons (Fsp3) is 0.588. The van der Waals surface area contributed by atoms with Gasteiger partial charge in [-0.2, -0.15) is 0 Å². The number of ether oxygens (including phenoxy) is 1. The molecule has 0 aromatic heterocycles. The van der Waals surface area contributed by atoms with Crippen molar-refractivity contribution in [2.75, 3.05) is 0 Å². The van der Waals surface area contributed by atoms with Crippen LogP contribution in [0.25, 0.3) is 0 Å². The molecule has 0 radical (unpaired) electrons. The maximum atomic E-state index is 6.09. The molecule has 0 N–H and O–H groups in total. The largest absolute Gasteiger partial charge is 0.487 e. The lowest BCUT2D eigenvalue weighted by Crippen LogP contribution is -2.24. The van der Waals surface area contributed by atoms with E-state index in [1.807, 2.05) is 6.21 Å². The first-order valence-electron chi connectivity index (χ1n) is 6.83. The van der Waals surface area contributed by atoms with Crippen LogP contribution in [0.2, 0.25) is 0 Å². The smallest absolute Gasteiger partial charge is 0.131 e. The van der Waals surface area contributed by atoms with Gasteiger partial charge in [0.25, 0.3) is 0 Å². The zero-order valence-corrected chi connectivity index (χ0v) is 13.6. The van der Waals surface area contributed by atoms with Crippen molar-refractivity contribution in [3.05, 3.63) is 28.8 Å². The van der Waals surface area contributed by atoms with Gasteiger partial charge in [-0.1, -0.05) is 6.07 Å². The lowest BCUT2D eigenvalue weighted by atomic mass is 10.0. The van der Waals surface area contributed by atoms with Gasteiger partial charge in [-0.3, -0.25) is 4.99 Å². The third-order valence-corrected chi connectivity index (χ3v) is 2.45. The summed E-state index contributed by atoms with van der Waals surface area (Å²) in [6.45, 7) is 16.7. The minimum atomic E-state index is -0.204. The lowest BCUT2D eigenvalue weighted by Gasteiger charge is -2.24. The molecule has 0 spiro atoms. The summed E-state index contributed by atoms with van der Waals surface area (Å²) in [4.78, 5) is 4.59. The summed E-state index contributed by atoms with van der Waals surface area (Å²) in [6.07, 6.45) is 1.93. The van der Waals surface area contributed by atoms with E-state index in [2.05, 4.69) is 72.5 Å². The van der Waals surface area contributed by atoms with E-state index in [4.69, 9.17) is 4.74 Å². The molecule has 0 aliphatic heterocycles. The molecule has 0 atom stereocenters. The van der Waals surface area contributed by atoms with Crippen LogP contribution < -0.4 is 4.74 Å². The van der Waals surface area contributed by atoms with Gasteiger partial charge in [0.1, 0.15) is 11.4 Å². The minimum Gasteiger partial charge on any atom is -0.487 e. The molecule has 0 saturated heterocycles. The number of nitrogens with zero attached hydrogens (tertiary/aromatic N) is 1. The van der Waals surface area contributed by atoms with E-state index in [9.17, 15) is 0 Å². The Hall–Kier alpha value is -1.31. The van der Waals surface area contributed by atoms with Crippen LogP contribution in [0.5, 0.6) is 5.75 Å². The van der Waals surface area contributed by atoms with Gasteiger partial charge in [0, 0.05) is 11.8 Å². The Balaban J connectivity index is 3.25. The van der Waals surface area contributed by atoms with E-state index in [1.165, 1.54) is 5.56 Å². The average molecular weight is 261 g/mol. The van der Waals surface area contributed by atoms with Gasteiger partial charge in [0.2, 0.25) is 0 Å². The van der Waals surface area contributed by atoms with Gasteiger partial charge in [-0.15, -0.1) is 0 Å². The molecule has 106 valence electrons. The van der Waals surface area contributed by atoms with Crippen molar-refractivity contribution in [2.45, 2.75) is 66.5 Å². The van der Waals surface area contributed by atoms with Gasteiger partial charge in [0.05, 0.1) is 5.54 Å².